The average molecular weight is 638 g/mol. The zero-order valence-electron chi connectivity index (χ0n) is 25.4. The minimum atomic E-state index is -0.862. The van der Waals surface area contributed by atoms with E-state index in [0.717, 1.165) is 22.2 Å². The fourth-order valence-electron chi connectivity index (χ4n) is 5.22. The molecule has 5 aromatic rings. The van der Waals surface area contributed by atoms with Gasteiger partial charge in [-0.15, -0.1) is 5.53 Å². The molecule has 0 saturated heterocycles. The Bertz CT molecular complexity index is 2010. The summed E-state index contributed by atoms with van der Waals surface area (Å²) in [5, 5.41) is 9.83. The number of benzene rings is 3. The maximum atomic E-state index is 13.9. The Morgan fingerprint density at radius 2 is 1.80 bits per heavy atom. The van der Waals surface area contributed by atoms with Gasteiger partial charge in [0.15, 0.2) is 0 Å². The molecule has 6 rings (SSSR count). The largest absolute Gasteiger partial charge is 0.455 e. The highest BCUT2D eigenvalue weighted by atomic mass is 35.5. The van der Waals surface area contributed by atoms with Crippen LogP contribution in [0.15, 0.2) is 101 Å². The second kappa shape index (κ2) is 12.5. The lowest BCUT2D eigenvalue weighted by atomic mass is 10.0. The first kappa shape index (κ1) is 30.6. The fraction of sp³-hybridized carbons (Fsp3) is 0.176. The molecular formula is C34H32ClN7O4. The zero-order chi connectivity index (χ0) is 32.4. The van der Waals surface area contributed by atoms with Crippen molar-refractivity contribution in [3.63, 3.8) is 0 Å². The maximum Gasteiger partial charge on any atom is 0.355 e. The molecule has 0 saturated carbocycles. The van der Waals surface area contributed by atoms with Gasteiger partial charge in [0.2, 0.25) is 5.91 Å². The van der Waals surface area contributed by atoms with Crippen molar-refractivity contribution in [3.05, 3.63) is 118 Å². The number of nitrogens with one attached hydrogen (secondary N) is 4. The number of esters is 1. The van der Waals surface area contributed by atoms with Crippen molar-refractivity contribution in [2.24, 2.45) is 5.10 Å². The number of hydrazone groups is 1. The molecule has 1 aliphatic heterocycles. The standard InChI is InChI=1S/C34H32ClN7O4/c1-34(2,3)46-33(45)28-17-23-16-25(10-11-27(23)38-28)37-32(44)30(15-21-7-5-4-6-8-21)41-14-13-22(18-31(41)43)26-19-24(35)9-12-29(26)42-20-36-39-40-42/h4-14,16-20,30,38-40H,15H2,1-3H3,(H,37,44). The molecule has 1 amide bonds. The number of fused-ring (bicyclic) bond motifs is 1. The molecule has 0 bridgehead atoms. The first-order chi connectivity index (χ1) is 22.0. The maximum absolute atomic E-state index is 13.9. The Balaban J connectivity index is 1.30. The van der Waals surface area contributed by atoms with Crippen molar-refractivity contribution in [2.45, 2.75) is 38.8 Å². The molecule has 0 spiro atoms. The summed E-state index contributed by atoms with van der Waals surface area (Å²) in [6.07, 6.45) is 3.47. The fourth-order valence-corrected chi connectivity index (χ4v) is 5.39. The van der Waals surface area contributed by atoms with Gasteiger partial charge in [0, 0.05) is 45.9 Å². The molecule has 1 atom stereocenters. The van der Waals surface area contributed by atoms with Crippen LogP contribution in [-0.4, -0.2) is 33.4 Å². The Labute approximate surface area is 269 Å². The Morgan fingerprint density at radius 1 is 1.00 bits per heavy atom. The number of anilines is 2. The lowest BCUT2D eigenvalue weighted by Crippen LogP contribution is -2.37. The lowest BCUT2D eigenvalue weighted by Gasteiger charge is -2.21. The Kier molecular flexibility index (Phi) is 8.35. The third-order valence-electron chi connectivity index (χ3n) is 7.30. The van der Waals surface area contributed by atoms with Gasteiger partial charge in [0.25, 0.3) is 5.56 Å². The predicted octanol–water partition coefficient (Wildman–Crippen LogP) is 5.80. The normalized spacial score (nSPS) is 13.4. The number of hydrogen-bond donors (Lipinski definition) is 4. The van der Waals surface area contributed by atoms with Gasteiger partial charge in [0.05, 0.1) is 5.69 Å². The summed E-state index contributed by atoms with van der Waals surface area (Å²) >= 11 is 6.33. The summed E-state index contributed by atoms with van der Waals surface area (Å²) in [6, 6.07) is 24.2. The van der Waals surface area contributed by atoms with Gasteiger partial charge in [0.1, 0.15) is 23.7 Å². The molecule has 0 aliphatic carbocycles. The van der Waals surface area contributed by atoms with Crippen LogP contribution in [0.25, 0.3) is 22.0 Å². The van der Waals surface area contributed by atoms with E-state index < -0.39 is 17.6 Å². The number of rotatable bonds is 8. The number of aromatic nitrogens is 2. The summed E-state index contributed by atoms with van der Waals surface area (Å²) in [5.41, 5.74) is 9.06. The average Bonchev–Trinajstić information content (AvgIpc) is 3.70. The van der Waals surface area contributed by atoms with Crippen molar-refractivity contribution >= 4 is 52.1 Å². The van der Waals surface area contributed by atoms with Crippen molar-refractivity contribution in [3.8, 4) is 11.1 Å². The summed E-state index contributed by atoms with van der Waals surface area (Å²) in [4.78, 5) is 43.2. The van der Waals surface area contributed by atoms with Crippen LogP contribution in [0.1, 0.15) is 42.9 Å². The molecule has 11 nitrogen and oxygen atoms in total. The minimum Gasteiger partial charge on any atom is -0.455 e. The zero-order valence-corrected chi connectivity index (χ0v) is 26.1. The molecule has 1 unspecified atom stereocenters. The monoisotopic (exact) mass is 637 g/mol. The molecule has 4 N–H and O–H groups in total. The number of pyridine rings is 1. The highest BCUT2D eigenvalue weighted by Gasteiger charge is 2.24. The predicted molar refractivity (Wildman–Crippen MR) is 180 cm³/mol. The molecule has 0 fully saturated rings. The molecule has 3 heterocycles. The van der Waals surface area contributed by atoms with Crippen LogP contribution in [0.3, 0.4) is 0 Å². The lowest BCUT2D eigenvalue weighted by molar-refractivity contribution is -0.119. The SMILES string of the molecule is CC(C)(C)OC(=O)c1cc2cc(NC(=O)C(Cc3ccccc3)n3ccc(-c4cc(Cl)ccc4N4C=NNN4)cc3=O)ccc2[nH]1. The molecule has 46 heavy (non-hydrogen) atoms. The number of hydrogen-bond acceptors (Lipinski definition) is 8. The number of H-pyrrole nitrogens is 1. The molecule has 0 radical (unpaired) electrons. The van der Waals surface area contributed by atoms with Crippen LogP contribution in [0.5, 0.6) is 0 Å². The van der Waals surface area contributed by atoms with Crippen LogP contribution in [0.4, 0.5) is 11.4 Å². The van der Waals surface area contributed by atoms with E-state index >= 15 is 0 Å². The first-order valence-electron chi connectivity index (χ1n) is 14.6. The summed E-state index contributed by atoms with van der Waals surface area (Å²) < 4.78 is 6.91. The van der Waals surface area contributed by atoms with E-state index in [4.69, 9.17) is 16.3 Å². The van der Waals surface area contributed by atoms with Gasteiger partial charge in [-0.25, -0.2) is 15.3 Å². The highest BCUT2D eigenvalue weighted by Crippen LogP contribution is 2.32. The number of aromatic amines is 1. The van der Waals surface area contributed by atoms with Crippen LogP contribution >= 0.6 is 11.6 Å². The van der Waals surface area contributed by atoms with E-state index in [9.17, 15) is 14.4 Å². The summed E-state index contributed by atoms with van der Waals surface area (Å²) in [5.74, 6) is -0.834. The number of halogens is 1. The Morgan fingerprint density at radius 3 is 2.52 bits per heavy atom. The number of ether oxygens (including phenoxy) is 1. The van der Waals surface area contributed by atoms with Crippen molar-refractivity contribution in [1.29, 1.82) is 0 Å². The smallest absolute Gasteiger partial charge is 0.355 e. The number of carbonyl (C=O) groups is 2. The molecule has 2 aromatic heterocycles. The van der Waals surface area contributed by atoms with Crippen LogP contribution in [0.2, 0.25) is 5.02 Å². The third kappa shape index (κ3) is 6.80. The second-order valence-electron chi connectivity index (χ2n) is 11.8. The van der Waals surface area contributed by atoms with E-state index in [-0.39, 0.29) is 17.9 Å². The van der Waals surface area contributed by atoms with E-state index in [2.05, 4.69) is 26.5 Å². The van der Waals surface area contributed by atoms with Gasteiger partial charge in [-0.2, -0.15) is 5.10 Å². The molecule has 1 aliphatic rings. The molecule has 12 heteroatoms. The van der Waals surface area contributed by atoms with Gasteiger partial charge in [-0.05, 0) is 80.4 Å². The van der Waals surface area contributed by atoms with Crippen LogP contribution in [0, 0.1) is 0 Å². The van der Waals surface area contributed by atoms with E-state index in [0.29, 0.717) is 27.5 Å². The summed E-state index contributed by atoms with van der Waals surface area (Å²) in [6.45, 7) is 5.42. The van der Waals surface area contributed by atoms with Crippen molar-refractivity contribution in [1.82, 2.24) is 20.6 Å². The van der Waals surface area contributed by atoms with Gasteiger partial charge in [-0.1, -0.05) is 41.9 Å². The molecule has 234 valence electrons. The van der Waals surface area contributed by atoms with E-state index in [1.54, 1.807) is 80.8 Å². The number of hydrazine groups is 2. The topological polar surface area (TPSA) is 133 Å². The van der Waals surface area contributed by atoms with Crippen LogP contribution < -0.4 is 27.0 Å². The van der Waals surface area contributed by atoms with Crippen LogP contribution in [-0.2, 0) is 16.0 Å². The van der Waals surface area contributed by atoms with Gasteiger partial charge in [-0.3, -0.25) is 9.59 Å². The summed E-state index contributed by atoms with van der Waals surface area (Å²) in [7, 11) is 0. The van der Waals surface area contributed by atoms with Crippen molar-refractivity contribution in [2.75, 3.05) is 10.3 Å². The van der Waals surface area contributed by atoms with Crippen molar-refractivity contribution < 1.29 is 14.3 Å². The van der Waals surface area contributed by atoms with Gasteiger partial charge >= 0.3 is 5.97 Å². The number of carbonyl (C=O) groups excluding carboxylic acids is 2. The molecule has 3 aromatic carbocycles. The van der Waals surface area contributed by atoms with E-state index in [1.165, 1.54) is 10.6 Å². The number of nitrogens with zero attached hydrogens (tertiary/aromatic N) is 3. The van der Waals surface area contributed by atoms with E-state index in [1.807, 2.05) is 36.4 Å². The van der Waals surface area contributed by atoms with Gasteiger partial charge < -0.3 is 19.6 Å². The highest BCUT2D eigenvalue weighted by molar-refractivity contribution is 6.31. The second-order valence-corrected chi connectivity index (χ2v) is 12.3. The first-order valence-corrected chi connectivity index (χ1v) is 15.0. The number of amides is 1. The Hall–Kier alpha value is -5.39. The third-order valence-corrected chi connectivity index (χ3v) is 7.54. The minimum absolute atomic E-state index is 0.281. The quantitative estimate of drug-likeness (QED) is 0.158. The molecular weight excluding hydrogens is 606 g/mol.